The Kier molecular flexibility index (Phi) is 2.05. The van der Waals surface area contributed by atoms with Crippen molar-refractivity contribution in [2.75, 3.05) is 7.11 Å². The van der Waals surface area contributed by atoms with Gasteiger partial charge < -0.3 is 4.74 Å². The van der Waals surface area contributed by atoms with Crippen molar-refractivity contribution in [2.45, 2.75) is 0 Å². The standard InChI is InChI=1S/C8H8NO/c1-10-8-4-2-3-7(5-8)6-9/h2-6H,1H3. The van der Waals surface area contributed by atoms with Gasteiger partial charge in [-0.3, -0.25) is 0 Å². The zero-order valence-corrected chi connectivity index (χ0v) is 5.74. The second-order valence-electron chi connectivity index (χ2n) is 1.91. The Morgan fingerprint density at radius 3 is 2.90 bits per heavy atom. The van der Waals surface area contributed by atoms with Gasteiger partial charge in [-0.05, 0) is 17.7 Å². The van der Waals surface area contributed by atoms with Gasteiger partial charge in [0.2, 0.25) is 0 Å². The van der Waals surface area contributed by atoms with Crippen LogP contribution in [-0.2, 0) is 0 Å². The third-order valence-electron chi connectivity index (χ3n) is 1.24. The lowest BCUT2D eigenvalue weighted by Crippen LogP contribution is -1.85. The van der Waals surface area contributed by atoms with Gasteiger partial charge in [-0.15, -0.1) is 0 Å². The van der Waals surface area contributed by atoms with Crippen LogP contribution in [0.5, 0.6) is 5.75 Å². The molecule has 1 radical (unpaired) electrons. The van der Waals surface area contributed by atoms with Crippen molar-refractivity contribution in [1.29, 1.82) is 0 Å². The molecule has 2 heteroatoms. The van der Waals surface area contributed by atoms with Crippen molar-refractivity contribution in [3.05, 3.63) is 29.8 Å². The topological polar surface area (TPSA) is 31.5 Å². The molecule has 0 spiro atoms. The molecule has 0 saturated carbocycles. The number of nitrogens with zero attached hydrogens (tertiary/aromatic N) is 1. The van der Waals surface area contributed by atoms with Gasteiger partial charge in [0, 0.05) is 0 Å². The normalized spacial score (nSPS) is 8.90. The summed E-state index contributed by atoms with van der Waals surface area (Å²) in [5, 5.41) is 8.58. The predicted octanol–water partition coefficient (Wildman–Crippen LogP) is 0.914. The summed E-state index contributed by atoms with van der Waals surface area (Å²) in [7, 11) is 1.59. The van der Waals surface area contributed by atoms with E-state index in [2.05, 4.69) is 0 Å². The number of methoxy groups -OCH3 is 1. The summed E-state index contributed by atoms with van der Waals surface area (Å²) in [6.45, 7) is 0. The zero-order chi connectivity index (χ0) is 7.40. The highest BCUT2D eigenvalue weighted by Crippen LogP contribution is 2.09. The minimum atomic E-state index is 0.749. The number of hydrogen-bond acceptors (Lipinski definition) is 1. The smallest absolute Gasteiger partial charge is 0.119 e. The monoisotopic (exact) mass is 134 g/mol. The van der Waals surface area contributed by atoms with Gasteiger partial charge in [-0.1, -0.05) is 12.1 Å². The molecular formula is C8H8NO. The molecule has 0 atom stereocenters. The molecule has 0 bridgehead atoms. The molecule has 0 fully saturated rings. The van der Waals surface area contributed by atoms with E-state index >= 15 is 0 Å². The van der Waals surface area contributed by atoms with Crippen LogP contribution in [0.15, 0.2) is 24.3 Å². The first kappa shape index (κ1) is 6.81. The van der Waals surface area contributed by atoms with Crippen LogP contribution in [0.2, 0.25) is 0 Å². The van der Waals surface area contributed by atoms with Gasteiger partial charge in [0.1, 0.15) is 5.75 Å². The summed E-state index contributed by atoms with van der Waals surface area (Å²) in [6.07, 6.45) is 1.04. The first-order chi connectivity index (χ1) is 4.86. The van der Waals surface area contributed by atoms with E-state index < -0.39 is 0 Å². The molecule has 0 saturated heterocycles. The Labute approximate surface area is 60.0 Å². The maximum absolute atomic E-state index is 8.58. The highest BCUT2D eigenvalue weighted by atomic mass is 16.5. The molecule has 1 aromatic rings. The van der Waals surface area contributed by atoms with Crippen LogP contribution in [-0.4, -0.2) is 13.3 Å². The average Bonchev–Trinajstić information content (AvgIpc) is 2.05. The summed E-state index contributed by atoms with van der Waals surface area (Å²) in [5.41, 5.74) is 0.749. The average molecular weight is 134 g/mol. The highest BCUT2D eigenvalue weighted by molar-refractivity contribution is 5.78. The fourth-order valence-electron chi connectivity index (χ4n) is 0.722. The maximum atomic E-state index is 8.58. The molecule has 1 rings (SSSR count). The van der Waals surface area contributed by atoms with Crippen LogP contribution in [0.3, 0.4) is 0 Å². The van der Waals surface area contributed by atoms with Crippen LogP contribution >= 0.6 is 0 Å². The Morgan fingerprint density at radius 2 is 2.30 bits per heavy atom. The first-order valence-corrected chi connectivity index (χ1v) is 2.98. The van der Waals surface area contributed by atoms with Crippen molar-refractivity contribution in [3.8, 4) is 5.75 Å². The SMILES string of the molecule is COc1cccc(C=[N])c1. The predicted molar refractivity (Wildman–Crippen MR) is 40.3 cm³/mol. The lowest BCUT2D eigenvalue weighted by Gasteiger charge is -1.97. The molecule has 0 amide bonds. The Bertz CT molecular complexity index is 232. The molecule has 0 unspecified atom stereocenters. The van der Waals surface area contributed by atoms with E-state index in [0.29, 0.717) is 0 Å². The maximum Gasteiger partial charge on any atom is 0.119 e. The van der Waals surface area contributed by atoms with Crippen LogP contribution < -0.4 is 10.1 Å². The second kappa shape index (κ2) is 3.01. The van der Waals surface area contributed by atoms with Crippen molar-refractivity contribution in [1.82, 2.24) is 5.41 Å². The van der Waals surface area contributed by atoms with Crippen molar-refractivity contribution in [2.24, 2.45) is 0 Å². The van der Waals surface area contributed by atoms with Gasteiger partial charge in [-0.25, -0.2) is 0 Å². The number of ether oxygens (including phenoxy) is 1. The summed E-state index contributed by atoms with van der Waals surface area (Å²) in [4.78, 5) is 0. The number of benzene rings is 1. The van der Waals surface area contributed by atoms with E-state index in [1.54, 1.807) is 19.2 Å². The molecule has 1 aromatic carbocycles. The second-order valence-corrected chi connectivity index (χ2v) is 1.91. The Morgan fingerprint density at radius 1 is 1.50 bits per heavy atom. The van der Waals surface area contributed by atoms with Gasteiger partial charge in [0.05, 0.1) is 13.3 Å². The molecule has 0 aromatic heterocycles. The van der Waals surface area contributed by atoms with Crippen LogP contribution in [0, 0.1) is 0 Å². The van der Waals surface area contributed by atoms with Crippen LogP contribution in [0.1, 0.15) is 5.56 Å². The fraction of sp³-hybridized carbons (Fsp3) is 0.125. The molecule has 0 aliphatic rings. The summed E-state index contributed by atoms with van der Waals surface area (Å²) >= 11 is 0. The third kappa shape index (κ3) is 1.35. The fourth-order valence-corrected chi connectivity index (χ4v) is 0.722. The molecule has 2 nitrogen and oxygen atoms in total. The summed E-state index contributed by atoms with van der Waals surface area (Å²) < 4.78 is 4.93. The van der Waals surface area contributed by atoms with E-state index in [1.165, 1.54) is 0 Å². The van der Waals surface area contributed by atoms with E-state index in [-0.39, 0.29) is 0 Å². The molecular weight excluding hydrogens is 126 g/mol. The van der Waals surface area contributed by atoms with E-state index in [1.807, 2.05) is 12.1 Å². The summed E-state index contributed by atoms with van der Waals surface area (Å²) in [5.74, 6) is 0.753. The molecule has 51 valence electrons. The van der Waals surface area contributed by atoms with Crippen LogP contribution in [0.4, 0.5) is 0 Å². The van der Waals surface area contributed by atoms with Gasteiger partial charge >= 0.3 is 0 Å². The molecule has 0 heterocycles. The summed E-state index contributed by atoms with van der Waals surface area (Å²) in [6, 6.07) is 7.19. The zero-order valence-electron chi connectivity index (χ0n) is 5.74. The lowest BCUT2D eigenvalue weighted by molar-refractivity contribution is 0.415. The number of hydrogen-bond donors (Lipinski definition) is 0. The van der Waals surface area contributed by atoms with Crippen LogP contribution in [0.25, 0.3) is 0 Å². The van der Waals surface area contributed by atoms with Gasteiger partial charge in [0.25, 0.3) is 0 Å². The highest BCUT2D eigenvalue weighted by Gasteiger charge is 1.89. The van der Waals surface area contributed by atoms with E-state index in [0.717, 1.165) is 17.5 Å². The Balaban J connectivity index is 2.98. The number of rotatable bonds is 2. The molecule has 0 aliphatic carbocycles. The minimum absolute atomic E-state index is 0.749. The van der Waals surface area contributed by atoms with E-state index in [4.69, 9.17) is 10.1 Å². The van der Waals surface area contributed by atoms with Crippen molar-refractivity contribution < 1.29 is 4.74 Å². The van der Waals surface area contributed by atoms with Crippen molar-refractivity contribution >= 4 is 6.21 Å². The first-order valence-electron chi connectivity index (χ1n) is 2.98. The molecule has 10 heavy (non-hydrogen) atoms. The van der Waals surface area contributed by atoms with Crippen molar-refractivity contribution in [3.63, 3.8) is 0 Å². The molecule has 0 aliphatic heterocycles. The minimum Gasteiger partial charge on any atom is -0.497 e. The van der Waals surface area contributed by atoms with E-state index in [9.17, 15) is 0 Å². The quantitative estimate of drug-likeness (QED) is 0.553. The van der Waals surface area contributed by atoms with Gasteiger partial charge in [0.15, 0.2) is 0 Å². The molecule has 0 N–H and O–H groups in total. The lowest BCUT2D eigenvalue weighted by atomic mass is 10.2. The van der Waals surface area contributed by atoms with Gasteiger partial charge in [-0.2, -0.15) is 5.41 Å². The third-order valence-corrected chi connectivity index (χ3v) is 1.24. The Hall–Kier alpha value is -1.31. The largest absolute Gasteiger partial charge is 0.497 e.